The van der Waals surface area contributed by atoms with Gasteiger partial charge in [0.1, 0.15) is 5.82 Å². The van der Waals surface area contributed by atoms with Crippen LogP contribution >= 0.6 is 11.6 Å². The molecule has 2 aromatic carbocycles. The maximum atomic E-state index is 13.6. The minimum absolute atomic E-state index is 0.227. The third kappa shape index (κ3) is 3.52. The Labute approximate surface area is 120 Å². The Morgan fingerprint density at radius 3 is 2.35 bits per heavy atom. The fourth-order valence-corrected chi connectivity index (χ4v) is 2.27. The van der Waals surface area contributed by atoms with Gasteiger partial charge in [-0.15, -0.1) is 0 Å². The molecule has 0 aliphatic rings. The molecule has 0 amide bonds. The van der Waals surface area contributed by atoms with Crippen LogP contribution in [0.3, 0.4) is 0 Å². The van der Waals surface area contributed by atoms with Crippen LogP contribution in [-0.4, -0.2) is 6.04 Å². The first kappa shape index (κ1) is 14.9. The summed E-state index contributed by atoms with van der Waals surface area (Å²) in [5, 5.41) is 0.311. The molecule has 1 unspecified atom stereocenters. The molecule has 2 N–H and O–H groups in total. The summed E-state index contributed by atoms with van der Waals surface area (Å²) in [6.07, 6.45) is 0.534. The number of nitrogens with two attached hydrogens (primary N) is 1. The Kier molecular flexibility index (Phi) is 4.68. The third-order valence-electron chi connectivity index (χ3n) is 3.01. The van der Waals surface area contributed by atoms with Crippen molar-refractivity contribution in [1.29, 1.82) is 0 Å². The summed E-state index contributed by atoms with van der Waals surface area (Å²) < 4.78 is 39.5. The number of benzene rings is 2. The van der Waals surface area contributed by atoms with Crippen molar-refractivity contribution < 1.29 is 13.2 Å². The van der Waals surface area contributed by atoms with E-state index in [1.165, 1.54) is 18.2 Å². The average Bonchev–Trinajstić information content (AvgIpc) is 2.38. The highest BCUT2D eigenvalue weighted by atomic mass is 35.5. The van der Waals surface area contributed by atoms with Gasteiger partial charge in [-0.3, -0.25) is 0 Å². The summed E-state index contributed by atoms with van der Waals surface area (Å²) in [7, 11) is 0. The van der Waals surface area contributed by atoms with Gasteiger partial charge in [-0.25, -0.2) is 13.2 Å². The molecular formula is C15H13ClF3N. The van der Waals surface area contributed by atoms with E-state index in [2.05, 4.69) is 0 Å². The van der Waals surface area contributed by atoms with Gasteiger partial charge in [0.25, 0.3) is 0 Å². The molecule has 0 aliphatic heterocycles. The molecule has 1 atom stereocenters. The van der Waals surface area contributed by atoms with Crippen molar-refractivity contribution in [2.45, 2.75) is 18.9 Å². The van der Waals surface area contributed by atoms with E-state index in [1.54, 1.807) is 6.07 Å². The number of hydrogen-bond donors (Lipinski definition) is 1. The largest absolute Gasteiger partial charge is 0.327 e. The maximum absolute atomic E-state index is 13.6. The van der Waals surface area contributed by atoms with E-state index in [4.69, 9.17) is 17.3 Å². The summed E-state index contributed by atoms with van der Waals surface area (Å²) in [5.41, 5.74) is 6.82. The summed E-state index contributed by atoms with van der Waals surface area (Å²) in [5.74, 6) is -2.24. The van der Waals surface area contributed by atoms with Gasteiger partial charge in [-0.2, -0.15) is 0 Å². The molecule has 0 spiro atoms. The molecule has 5 heteroatoms. The molecule has 0 heterocycles. The molecule has 0 saturated heterocycles. The number of halogens is 4. The van der Waals surface area contributed by atoms with Crippen molar-refractivity contribution in [3.63, 3.8) is 0 Å². The average molecular weight is 300 g/mol. The Hall–Kier alpha value is -1.52. The van der Waals surface area contributed by atoms with Gasteiger partial charge in [-0.05, 0) is 42.7 Å². The van der Waals surface area contributed by atoms with Crippen LogP contribution in [0.25, 0.3) is 0 Å². The van der Waals surface area contributed by atoms with Crippen molar-refractivity contribution in [3.05, 3.63) is 70.0 Å². The summed E-state index contributed by atoms with van der Waals surface area (Å²) in [4.78, 5) is 0. The Balaban J connectivity index is 2.09. The second kappa shape index (κ2) is 6.29. The van der Waals surface area contributed by atoms with Crippen molar-refractivity contribution in [2.24, 2.45) is 5.73 Å². The van der Waals surface area contributed by atoms with Gasteiger partial charge in [0, 0.05) is 16.6 Å². The third-order valence-corrected chi connectivity index (χ3v) is 3.36. The molecule has 0 saturated carbocycles. The molecule has 2 rings (SSSR count). The predicted molar refractivity (Wildman–Crippen MR) is 73.2 cm³/mol. The normalized spacial score (nSPS) is 12.4. The molecule has 20 heavy (non-hydrogen) atoms. The summed E-state index contributed by atoms with van der Waals surface area (Å²) in [6.45, 7) is 0. The second-order valence-corrected chi connectivity index (χ2v) is 5.02. The van der Waals surface area contributed by atoms with Crippen LogP contribution in [-0.2, 0) is 12.8 Å². The quantitative estimate of drug-likeness (QED) is 0.911. The van der Waals surface area contributed by atoms with Crippen LogP contribution < -0.4 is 5.73 Å². The lowest BCUT2D eigenvalue weighted by Gasteiger charge is -2.13. The maximum Gasteiger partial charge on any atom is 0.159 e. The van der Waals surface area contributed by atoms with E-state index in [-0.39, 0.29) is 6.42 Å². The van der Waals surface area contributed by atoms with E-state index < -0.39 is 23.5 Å². The van der Waals surface area contributed by atoms with Gasteiger partial charge in [0.05, 0.1) is 0 Å². The molecule has 1 nitrogen and oxygen atoms in total. The lowest BCUT2D eigenvalue weighted by Crippen LogP contribution is -2.26. The van der Waals surface area contributed by atoms with Gasteiger partial charge in [0.15, 0.2) is 11.6 Å². The van der Waals surface area contributed by atoms with E-state index in [0.717, 1.165) is 12.1 Å². The minimum atomic E-state index is -0.918. The highest BCUT2D eigenvalue weighted by Crippen LogP contribution is 2.21. The molecule has 0 fully saturated rings. The van der Waals surface area contributed by atoms with Crippen molar-refractivity contribution >= 4 is 11.6 Å². The van der Waals surface area contributed by atoms with Gasteiger partial charge in [0.2, 0.25) is 0 Å². The van der Waals surface area contributed by atoms with E-state index in [1.807, 2.05) is 0 Å². The lowest BCUT2D eigenvalue weighted by molar-refractivity contribution is 0.505. The second-order valence-electron chi connectivity index (χ2n) is 4.62. The highest BCUT2D eigenvalue weighted by Gasteiger charge is 2.13. The van der Waals surface area contributed by atoms with Crippen LogP contribution in [0.2, 0.25) is 5.02 Å². The Bertz CT molecular complexity index is 596. The minimum Gasteiger partial charge on any atom is -0.327 e. The smallest absolute Gasteiger partial charge is 0.159 e. The zero-order valence-corrected chi connectivity index (χ0v) is 11.3. The van der Waals surface area contributed by atoms with Crippen LogP contribution in [0.15, 0.2) is 36.4 Å². The molecule has 0 bridgehead atoms. The molecule has 0 radical (unpaired) electrons. The SMILES string of the molecule is NC(Cc1ccc(F)c(F)c1)Cc1c(F)cccc1Cl. The fraction of sp³-hybridized carbons (Fsp3) is 0.200. The van der Waals surface area contributed by atoms with Crippen LogP contribution in [0.1, 0.15) is 11.1 Å². The highest BCUT2D eigenvalue weighted by molar-refractivity contribution is 6.31. The van der Waals surface area contributed by atoms with Gasteiger partial charge < -0.3 is 5.73 Å². The Morgan fingerprint density at radius 2 is 1.70 bits per heavy atom. The summed E-state index contributed by atoms with van der Waals surface area (Å²) >= 11 is 5.92. The first-order valence-corrected chi connectivity index (χ1v) is 6.47. The lowest BCUT2D eigenvalue weighted by atomic mass is 9.99. The number of hydrogen-bond acceptors (Lipinski definition) is 1. The van der Waals surface area contributed by atoms with Crippen molar-refractivity contribution in [1.82, 2.24) is 0 Å². The van der Waals surface area contributed by atoms with Crippen molar-refractivity contribution in [2.75, 3.05) is 0 Å². The van der Waals surface area contributed by atoms with Gasteiger partial charge >= 0.3 is 0 Å². The zero-order valence-electron chi connectivity index (χ0n) is 10.5. The van der Waals surface area contributed by atoms with Crippen LogP contribution in [0, 0.1) is 17.5 Å². The first-order valence-electron chi connectivity index (χ1n) is 6.09. The Morgan fingerprint density at radius 1 is 0.950 bits per heavy atom. The summed E-state index contributed by atoms with van der Waals surface area (Å²) in [6, 6.07) is 7.58. The monoisotopic (exact) mass is 299 g/mol. The van der Waals surface area contributed by atoms with Crippen LogP contribution in [0.4, 0.5) is 13.2 Å². The van der Waals surface area contributed by atoms with E-state index >= 15 is 0 Å². The fourth-order valence-electron chi connectivity index (χ4n) is 2.03. The van der Waals surface area contributed by atoms with Crippen molar-refractivity contribution in [3.8, 4) is 0 Å². The van der Waals surface area contributed by atoms with Crippen LogP contribution in [0.5, 0.6) is 0 Å². The molecule has 0 aliphatic carbocycles. The first-order chi connectivity index (χ1) is 9.47. The zero-order chi connectivity index (χ0) is 14.7. The molecule has 0 aromatic heterocycles. The molecule has 2 aromatic rings. The number of rotatable bonds is 4. The van der Waals surface area contributed by atoms with E-state index in [9.17, 15) is 13.2 Å². The molecule has 106 valence electrons. The topological polar surface area (TPSA) is 26.0 Å². The standard InChI is InChI=1S/C15H13ClF3N/c16-12-2-1-3-13(17)11(12)8-10(20)6-9-4-5-14(18)15(19)7-9/h1-5,7,10H,6,8,20H2. The van der Waals surface area contributed by atoms with Gasteiger partial charge in [-0.1, -0.05) is 23.7 Å². The predicted octanol–water partition coefficient (Wildman–Crippen LogP) is 3.87. The van der Waals surface area contributed by atoms with E-state index in [0.29, 0.717) is 22.6 Å². The molecular weight excluding hydrogens is 287 g/mol.